The van der Waals surface area contributed by atoms with E-state index < -0.39 is 37.7 Å². The maximum Gasteiger partial charge on any atom is 0.309 e. The van der Waals surface area contributed by atoms with Crippen molar-refractivity contribution in [2.75, 3.05) is 11.5 Å². The van der Waals surface area contributed by atoms with Crippen molar-refractivity contribution < 1.29 is 26.4 Å². The number of benzene rings is 1. The van der Waals surface area contributed by atoms with Gasteiger partial charge in [-0.25, -0.2) is 22.0 Å². The smallest absolute Gasteiger partial charge is 0.309 e. The van der Waals surface area contributed by atoms with Gasteiger partial charge in [0.05, 0.1) is 16.4 Å². The molecule has 1 atom stereocenters. The highest BCUT2D eigenvalue weighted by molar-refractivity contribution is 7.91. The Balaban J connectivity index is 1.85. The van der Waals surface area contributed by atoms with Gasteiger partial charge in [0.2, 0.25) is 10.0 Å². The minimum absolute atomic E-state index is 0.00400. The van der Waals surface area contributed by atoms with Crippen molar-refractivity contribution >= 4 is 31.7 Å². The summed E-state index contributed by atoms with van der Waals surface area (Å²) in [6.45, 7) is 0.0140. The summed E-state index contributed by atoms with van der Waals surface area (Å²) < 4.78 is 44.8. The molecule has 2 rings (SSSR count). The van der Waals surface area contributed by atoms with Gasteiger partial charge in [0.1, 0.15) is 0 Å². The minimum atomic E-state index is -3.79. The lowest BCUT2D eigenvalue weighted by molar-refractivity contribution is -0.139. The van der Waals surface area contributed by atoms with Crippen LogP contribution in [0.15, 0.2) is 29.2 Å². The molecule has 0 saturated carbocycles. The fourth-order valence-electron chi connectivity index (χ4n) is 2.22. The van der Waals surface area contributed by atoms with Crippen LogP contribution in [0, 0.1) is 0 Å². The molecule has 24 heavy (non-hydrogen) atoms. The lowest BCUT2D eigenvalue weighted by Crippen LogP contribution is -2.44. The van der Waals surface area contributed by atoms with Crippen LogP contribution in [0.4, 0.5) is 0 Å². The highest BCUT2D eigenvalue weighted by Crippen LogP contribution is 2.11. The second kappa shape index (κ2) is 6.87. The summed E-state index contributed by atoms with van der Waals surface area (Å²) in [7, 11) is -6.93. The lowest BCUT2D eigenvalue weighted by Gasteiger charge is -2.11. The second-order valence-electron chi connectivity index (χ2n) is 5.45. The van der Waals surface area contributed by atoms with Gasteiger partial charge in [0.25, 0.3) is 0 Å². The third-order valence-electron chi connectivity index (χ3n) is 3.48. The van der Waals surface area contributed by atoms with Crippen LogP contribution < -0.4 is 15.8 Å². The average molecular weight is 375 g/mol. The predicted octanol–water partition coefficient (Wildman–Crippen LogP) is -1.75. The minimum Gasteiger partial charge on any atom is -0.344 e. The van der Waals surface area contributed by atoms with Crippen molar-refractivity contribution in [2.45, 2.75) is 23.9 Å². The summed E-state index contributed by atoms with van der Waals surface area (Å²) in [6.07, 6.45) is 0.288. The van der Waals surface area contributed by atoms with E-state index in [2.05, 4.69) is 10.6 Å². The summed E-state index contributed by atoms with van der Waals surface area (Å²) in [5.74, 6) is -1.97. The zero-order valence-electron chi connectivity index (χ0n) is 12.6. The lowest BCUT2D eigenvalue weighted by atomic mass is 10.2. The normalized spacial score (nSPS) is 19.6. The Morgan fingerprint density at radius 3 is 2.29 bits per heavy atom. The number of hydrogen-bond donors (Lipinski definition) is 3. The summed E-state index contributed by atoms with van der Waals surface area (Å²) in [4.78, 5) is 23.3. The van der Waals surface area contributed by atoms with Crippen LogP contribution in [0.25, 0.3) is 0 Å². The first-order chi connectivity index (χ1) is 11.1. The van der Waals surface area contributed by atoms with E-state index in [1.54, 1.807) is 0 Å². The predicted molar refractivity (Wildman–Crippen MR) is 84.9 cm³/mol. The van der Waals surface area contributed by atoms with E-state index in [0.29, 0.717) is 5.56 Å². The highest BCUT2D eigenvalue weighted by atomic mass is 32.2. The molecular formula is C13H17N3O6S2. The first kappa shape index (κ1) is 18.4. The molecule has 0 radical (unpaired) electrons. The Bertz CT molecular complexity index is 846. The first-order valence-electron chi connectivity index (χ1n) is 6.98. The van der Waals surface area contributed by atoms with Crippen LogP contribution in [0.1, 0.15) is 12.0 Å². The molecule has 1 heterocycles. The maximum atomic E-state index is 11.7. The molecule has 4 N–H and O–H groups in total. The Kier molecular flexibility index (Phi) is 5.26. The van der Waals surface area contributed by atoms with Gasteiger partial charge in [-0.05, 0) is 24.1 Å². The van der Waals surface area contributed by atoms with E-state index in [-0.39, 0.29) is 29.4 Å². The molecule has 0 spiro atoms. The van der Waals surface area contributed by atoms with Crippen molar-refractivity contribution in [2.24, 2.45) is 5.14 Å². The Hall–Kier alpha value is -1.98. The topological polar surface area (TPSA) is 152 Å². The molecule has 2 amide bonds. The van der Waals surface area contributed by atoms with Gasteiger partial charge < -0.3 is 10.6 Å². The molecule has 0 bridgehead atoms. The standard InChI is InChI=1S/C13H17N3O6S2/c14-24(21,22)11-3-1-9(2-4-11)7-15-12(17)13(18)16-10-5-6-23(19,20)8-10/h1-4,10H,5-8H2,(H,15,17)(H,16,18)(H2,14,21,22). The fourth-order valence-corrected chi connectivity index (χ4v) is 4.41. The van der Waals surface area contributed by atoms with E-state index in [9.17, 15) is 26.4 Å². The molecule has 1 fully saturated rings. The van der Waals surface area contributed by atoms with E-state index >= 15 is 0 Å². The first-order valence-corrected chi connectivity index (χ1v) is 10.3. The molecule has 1 aliphatic heterocycles. The number of amides is 2. The van der Waals surface area contributed by atoms with Gasteiger partial charge in [-0.1, -0.05) is 12.1 Å². The monoisotopic (exact) mass is 375 g/mol. The Morgan fingerprint density at radius 2 is 1.79 bits per heavy atom. The van der Waals surface area contributed by atoms with Gasteiger partial charge in [0, 0.05) is 12.6 Å². The zero-order chi connectivity index (χ0) is 18.0. The van der Waals surface area contributed by atoms with Crippen molar-refractivity contribution in [1.82, 2.24) is 10.6 Å². The number of rotatable bonds is 4. The van der Waals surface area contributed by atoms with Crippen molar-refractivity contribution in [3.05, 3.63) is 29.8 Å². The number of carbonyl (C=O) groups is 2. The van der Waals surface area contributed by atoms with Crippen molar-refractivity contribution in [1.29, 1.82) is 0 Å². The number of nitrogens with one attached hydrogen (secondary N) is 2. The number of carbonyl (C=O) groups excluding carboxylic acids is 2. The van der Waals surface area contributed by atoms with E-state index in [1.165, 1.54) is 24.3 Å². The molecule has 132 valence electrons. The van der Waals surface area contributed by atoms with Gasteiger partial charge in [-0.15, -0.1) is 0 Å². The molecule has 11 heteroatoms. The molecule has 0 aromatic heterocycles. The molecule has 1 saturated heterocycles. The Morgan fingerprint density at radius 1 is 1.17 bits per heavy atom. The maximum absolute atomic E-state index is 11.7. The van der Waals surface area contributed by atoms with Crippen LogP contribution in [0.5, 0.6) is 0 Å². The third kappa shape index (κ3) is 5.01. The average Bonchev–Trinajstić information content (AvgIpc) is 2.83. The molecule has 9 nitrogen and oxygen atoms in total. The third-order valence-corrected chi connectivity index (χ3v) is 6.18. The number of sulfone groups is 1. The number of sulfonamides is 1. The summed E-state index contributed by atoms with van der Waals surface area (Å²) in [6, 6.07) is 4.95. The van der Waals surface area contributed by atoms with Crippen LogP contribution in [0.2, 0.25) is 0 Å². The van der Waals surface area contributed by atoms with E-state index in [4.69, 9.17) is 5.14 Å². The molecule has 1 aromatic carbocycles. The number of hydrogen-bond acceptors (Lipinski definition) is 6. The van der Waals surface area contributed by atoms with Crippen LogP contribution in [0.3, 0.4) is 0 Å². The SMILES string of the molecule is NS(=O)(=O)c1ccc(CNC(=O)C(=O)NC2CCS(=O)(=O)C2)cc1. The van der Waals surface area contributed by atoms with Gasteiger partial charge >= 0.3 is 11.8 Å². The van der Waals surface area contributed by atoms with Crippen LogP contribution >= 0.6 is 0 Å². The zero-order valence-corrected chi connectivity index (χ0v) is 14.2. The summed E-state index contributed by atoms with van der Waals surface area (Å²) >= 11 is 0. The van der Waals surface area contributed by atoms with E-state index in [0.717, 1.165) is 0 Å². The molecule has 0 aliphatic carbocycles. The largest absolute Gasteiger partial charge is 0.344 e. The quantitative estimate of drug-likeness (QED) is 0.531. The summed E-state index contributed by atoms with van der Waals surface area (Å²) in [5, 5.41) is 9.72. The van der Waals surface area contributed by atoms with Gasteiger partial charge in [-0.3, -0.25) is 9.59 Å². The van der Waals surface area contributed by atoms with Crippen LogP contribution in [-0.2, 0) is 36.0 Å². The Labute approximate surface area is 139 Å². The highest BCUT2D eigenvalue weighted by Gasteiger charge is 2.30. The van der Waals surface area contributed by atoms with Crippen molar-refractivity contribution in [3.63, 3.8) is 0 Å². The van der Waals surface area contributed by atoms with Crippen LogP contribution in [-0.4, -0.2) is 46.2 Å². The molecular weight excluding hydrogens is 358 g/mol. The number of nitrogens with two attached hydrogens (primary N) is 1. The summed E-state index contributed by atoms with van der Waals surface area (Å²) in [5.41, 5.74) is 0.576. The van der Waals surface area contributed by atoms with Gasteiger partial charge in [0.15, 0.2) is 9.84 Å². The number of primary sulfonamides is 1. The van der Waals surface area contributed by atoms with Gasteiger partial charge in [-0.2, -0.15) is 0 Å². The molecule has 1 unspecified atom stereocenters. The fraction of sp³-hybridized carbons (Fsp3) is 0.385. The van der Waals surface area contributed by atoms with E-state index in [1.807, 2.05) is 0 Å². The second-order valence-corrected chi connectivity index (χ2v) is 9.24. The molecule has 1 aliphatic rings. The van der Waals surface area contributed by atoms with Crippen molar-refractivity contribution in [3.8, 4) is 0 Å². The molecule has 1 aromatic rings.